The molecule has 3 aromatic carbocycles. The predicted octanol–water partition coefficient (Wildman–Crippen LogP) is 6.39. The van der Waals surface area contributed by atoms with Crippen molar-refractivity contribution in [3.63, 3.8) is 0 Å². The lowest BCUT2D eigenvalue weighted by Crippen LogP contribution is -2.22. The molecule has 1 unspecified atom stereocenters. The summed E-state index contributed by atoms with van der Waals surface area (Å²) in [5.74, 6) is -0.659. The van der Waals surface area contributed by atoms with E-state index in [0.717, 1.165) is 28.5 Å². The average Bonchev–Trinajstić information content (AvgIpc) is 3.15. The van der Waals surface area contributed by atoms with Gasteiger partial charge in [-0.1, -0.05) is 43.3 Å². The summed E-state index contributed by atoms with van der Waals surface area (Å²) < 4.78 is 2.27. The van der Waals surface area contributed by atoms with Crippen molar-refractivity contribution < 1.29 is 9.59 Å². The number of nitrogens with zero attached hydrogens (tertiary/aromatic N) is 1. The standard InChI is InChI=1S/C28H29ClN4O2/c1-4-33-25-8-6-5-7-22(25)23-15-19(11-13-26(23)33)31-27(34)14-9-17(2)28(35)32-20-10-12-21(18(3)30)24(29)16-20/h5-8,10-13,15-17H,3-4,9,14,30H2,1-2H3,(H,31,34)(H,32,35). The van der Waals surface area contributed by atoms with Crippen LogP contribution in [0.4, 0.5) is 11.4 Å². The number of nitrogens with two attached hydrogens (primary N) is 1. The number of fused-ring (bicyclic) bond motifs is 3. The SMILES string of the molecule is C=C(N)c1ccc(NC(=O)C(C)CCC(=O)Nc2ccc3c(c2)c2ccccc2n3CC)cc1Cl. The fourth-order valence-corrected chi connectivity index (χ4v) is 4.59. The lowest BCUT2D eigenvalue weighted by Gasteiger charge is -2.13. The number of aromatic nitrogens is 1. The average molecular weight is 489 g/mol. The second-order valence-corrected chi connectivity index (χ2v) is 9.10. The Morgan fingerprint density at radius 1 is 1.00 bits per heavy atom. The molecule has 0 bridgehead atoms. The molecule has 0 aliphatic heterocycles. The van der Waals surface area contributed by atoms with Crippen LogP contribution in [0.5, 0.6) is 0 Å². The van der Waals surface area contributed by atoms with Gasteiger partial charge in [0.25, 0.3) is 0 Å². The van der Waals surface area contributed by atoms with E-state index in [0.29, 0.717) is 28.4 Å². The van der Waals surface area contributed by atoms with E-state index >= 15 is 0 Å². The number of benzene rings is 3. The van der Waals surface area contributed by atoms with E-state index in [9.17, 15) is 9.59 Å². The first-order chi connectivity index (χ1) is 16.8. The van der Waals surface area contributed by atoms with Gasteiger partial charge in [-0.2, -0.15) is 0 Å². The molecule has 4 rings (SSSR count). The van der Waals surface area contributed by atoms with E-state index in [-0.39, 0.29) is 24.2 Å². The van der Waals surface area contributed by atoms with Crippen molar-refractivity contribution in [1.29, 1.82) is 0 Å². The van der Waals surface area contributed by atoms with Crippen LogP contribution >= 0.6 is 11.6 Å². The molecule has 0 saturated heterocycles. The van der Waals surface area contributed by atoms with Gasteiger partial charge in [0.05, 0.1) is 5.02 Å². The van der Waals surface area contributed by atoms with Gasteiger partial charge in [-0.3, -0.25) is 9.59 Å². The highest BCUT2D eigenvalue weighted by molar-refractivity contribution is 6.32. The third kappa shape index (κ3) is 5.17. The zero-order valence-electron chi connectivity index (χ0n) is 19.9. The number of carbonyl (C=O) groups excluding carboxylic acids is 2. The number of hydrogen-bond donors (Lipinski definition) is 3. The monoisotopic (exact) mass is 488 g/mol. The Kier molecular flexibility index (Phi) is 7.12. The maximum absolute atomic E-state index is 12.6. The minimum Gasteiger partial charge on any atom is -0.399 e. The van der Waals surface area contributed by atoms with Gasteiger partial charge in [0.1, 0.15) is 0 Å². The zero-order chi connectivity index (χ0) is 25.1. The fourth-order valence-electron chi connectivity index (χ4n) is 4.29. The Morgan fingerprint density at radius 3 is 2.40 bits per heavy atom. The van der Waals surface area contributed by atoms with Crippen molar-refractivity contribution in [3.8, 4) is 0 Å². The summed E-state index contributed by atoms with van der Waals surface area (Å²) in [5, 5.41) is 8.50. The van der Waals surface area contributed by atoms with Crippen molar-refractivity contribution in [3.05, 3.63) is 77.8 Å². The molecule has 4 aromatic rings. The highest BCUT2D eigenvalue weighted by Gasteiger charge is 2.16. The Hall–Kier alpha value is -3.77. The van der Waals surface area contributed by atoms with E-state index in [2.05, 4.69) is 40.8 Å². The summed E-state index contributed by atoms with van der Waals surface area (Å²) in [5.41, 5.74) is 10.3. The summed E-state index contributed by atoms with van der Waals surface area (Å²) in [7, 11) is 0. The predicted molar refractivity (Wildman–Crippen MR) is 145 cm³/mol. The van der Waals surface area contributed by atoms with Crippen LogP contribution in [0.1, 0.15) is 32.3 Å². The number of hydrogen-bond acceptors (Lipinski definition) is 3. The van der Waals surface area contributed by atoms with E-state index in [4.69, 9.17) is 17.3 Å². The molecule has 2 amide bonds. The molecule has 0 spiro atoms. The van der Waals surface area contributed by atoms with E-state index in [1.807, 2.05) is 30.3 Å². The third-order valence-electron chi connectivity index (χ3n) is 6.21. The van der Waals surface area contributed by atoms with Gasteiger partial charge in [0.2, 0.25) is 11.8 Å². The smallest absolute Gasteiger partial charge is 0.227 e. The first kappa shape index (κ1) is 24.4. The Morgan fingerprint density at radius 2 is 1.69 bits per heavy atom. The first-order valence-corrected chi connectivity index (χ1v) is 12.0. The minimum atomic E-state index is -0.353. The Balaban J connectivity index is 1.37. The van der Waals surface area contributed by atoms with Gasteiger partial charge in [0, 0.05) is 63.3 Å². The molecule has 1 heterocycles. The quantitative estimate of drug-likeness (QED) is 0.268. The van der Waals surface area contributed by atoms with Crippen molar-refractivity contribution in [2.24, 2.45) is 11.7 Å². The molecule has 0 radical (unpaired) electrons. The van der Waals surface area contributed by atoms with Gasteiger partial charge in [-0.05, 0) is 55.8 Å². The van der Waals surface area contributed by atoms with Crippen LogP contribution in [-0.2, 0) is 16.1 Å². The minimum absolute atomic E-state index is 0.128. The van der Waals surface area contributed by atoms with Crippen molar-refractivity contribution in [2.45, 2.75) is 33.2 Å². The van der Waals surface area contributed by atoms with Gasteiger partial charge < -0.3 is 20.9 Å². The first-order valence-electron chi connectivity index (χ1n) is 11.6. The maximum atomic E-state index is 12.6. The molecule has 7 heteroatoms. The second kappa shape index (κ2) is 10.2. The normalized spacial score (nSPS) is 12.0. The summed E-state index contributed by atoms with van der Waals surface area (Å²) in [6.45, 7) is 8.47. The van der Waals surface area contributed by atoms with Crippen LogP contribution in [0.3, 0.4) is 0 Å². The van der Waals surface area contributed by atoms with Gasteiger partial charge in [0.15, 0.2) is 0 Å². The van der Waals surface area contributed by atoms with Crippen LogP contribution < -0.4 is 16.4 Å². The summed E-state index contributed by atoms with van der Waals surface area (Å²) in [6.07, 6.45) is 0.649. The van der Waals surface area contributed by atoms with Crippen LogP contribution in [0.2, 0.25) is 5.02 Å². The third-order valence-corrected chi connectivity index (χ3v) is 6.52. The number of rotatable bonds is 8. The fraction of sp³-hybridized carbons (Fsp3) is 0.214. The molecule has 0 saturated carbocycles. The number of para-hydroxylation sites is 1. The van der Waals surface area contributed by atoms with Gasteiger partial charge in [-0.15, -0.1) is 0 Å². The number of halogens is 1. The number of amides is 2. The molecule has 1 aromatic heterocycles. The molecule has 0 aliphatic carbocycles. The van der Waals surface area contributed by atoms with E-state index in [1.54, 1.807) is 25.1 Å². The van der Waals surface area contributed by atoms with Crippen molar-refractivity contribution in [2.75, 3.05) is 10.6 Å². The van der Waals surface area contributed by atoms with Crippen LogP contribution in [-0.4, -0.2) is 16.4 Å². The lowest BCUT2D eigenvalue weighted by molar-refractivity contribution is -0.120. The summed E-state index contributed by atoms with van der Waals surface area (Å²) in [6, 6.07) is 19.3. The second-order valence-electron chi connectivity index (χ2n) is 8.69. The largest absolute Gasteiger partial charge is 0.399 e. The molecule has 0 fully saturated rings. The molecule has 4 N–H and O–H groups in total. The molecule has 0 aliphatic rings. The lowest BCUT2D eigenvalue weighted by atomic mass is 10.0. The number of aryl methyl sites for hydroxylation is 1. The van der Waals surface area contributed by atoms with Crippen LogP contribution in [0.25, 0.3) is 27.5 Å². The van der Waals surface area contributed by atoms with Gasteiger partial charge in [-0.25, -0.2) is 0 Å². The highest BCUT2D eigenvalue weighted by Crippen LogP contribution is 2.31. The topological polar surface area (TPSA) is 89.2 Å². The van der Waals surface area contributed by atoms with Crippen LogP contribution in [0.15, 0.2) is 67.2 Å². The molecule has 35 heavy (non-hydrogen) atoms. The Bertz CT molecular complexity index is 1440. The molecular weight excluding hydrogens is 460 g/mol. The highest BCUT2D eigenvalue weighted by atomic mass is 35.5. The molecule has 180 valence electrons. The van der Waals surface area contributed by atoms with Crippen LogP contribution in [0, 0.1) is 5.92 Å². The van der Waals surface area contributed by atoms with Gasteiger partial charge >= 0.3 is 0 Å². The van der Waals surface area contributed by atoms with Crippen molar-refractivity contribution >= 4 is 62.3 Å². The maximum Gasteiger partial charge on any atom is 0.227 e. The van der Waals surface area contributed by atoms with Crippen molar-refractivity contribution in [1.82, 2.24) is 4.57 Å². The Labute approximate surface area is 209 Å². The number of anilines is 2. The number of nitrogens with one attached hydrogen (secondary N) is 2. The molecule has 6 nitrogen and oxygen atoms in total. The van der Waals surface area contributed by atoms with E-state index in [1.165, 1.54) is 5.52 Å². The molecule has 1 atom stereocenters. The number of carbonyl (C=O) groups is 2. The summed E-state index contributed by atoms with van der Waals surface area (Å²) in [4.78, 5) is 25.2. The molecular formula is C28H29ClN4O2. The van der Waals surface area contributed by atoms with E-state index < -0.39 is 0 Å². The zero-order valence-corrected chi connectivity index (χ0v) is 20.7. The summed E-state index contributed by atoms with van der Waals surface area (Å²) >= 11 is 6.20.